The molecule has 2 aromatic rings. The molecular weight excluding hydrogens is 601 g/mol. The van der Waals surface area contributed by atoms with Gasteiger partial charge in [-0.05, 0) is 64.1 Å². The van der Waals surface area contributed by atoms with Crippen LogP contribution in [-0.4, -0.2) is 99.3 Å². The Morgan fingerprint density at radius 1 is 0.561 bits per heavy atom. The van der Waals surface area contributed by atoms with Crippen LogP contribution in [0.1, 0.15) is 69.1 Å². The summed E-state index contributed by atoms with van der Waals surface area (Å²) in [5.74, 6) is -3.46. The van der Waals surface area contributed by atoms with E-state index in [0.29, 0.717) is 0 Å². The molecule has 0 aliphatic rings. The van der Waals surface area contributed by atoms with Gasteiger partial charge in [0.05, 0.1) is 58.5 Å². The Morgan fingerprint density at radius 3 is 1.07 bits per heavy atom. The van der Waals surface area contributed by atoms with Gasteiger partial charge in [-0.3, -0.25) is 0 Å². The molecule has 0 aliphatic heterocycles. The molecule has 0 saturated heterocycles. The summed E-state index contributed by atoms with van der Waals surface area (Å²) >= 11 is 0. The van der Waals surface area contributed by atoms with Gasteiger partial charge in [-0.15, -0.1) is 0 Å². The van der Waals surface area contributed by atoms with E-state index in [0.717, 1.165) is 24.3 Å². The molecule has 0 fully saturated rings. The van der Waals surface area contributed by atoms with Crippen molar-refractivity contribution in [2.24, 2.45) is 0 Å². The molecule has 0 N–H and O–H groups in total. The molecule has 0 aliphatic carbocycles. The first-order valence-corrected chi connectivity index (χ1v) is 14.3. The van der Waals surface area contributed by atoms with E-state index < -0.39 is 65.0 Å². The molecule has 0 spiro atoms. The van der Waals surface area contributed by atoms with Crippen molar-refractivity contribution in [2.45, 2.75) is 37.5 Å². The average molecular weight is 627 g/mol. The number of hydrogen-bond acceptors (Lipinski definition) is 14. The molecular formula is C24H26MgO14S2. The molecule has 220 valence electrons. The number of benzene rings is 2. The monoisotopic (exact) mass is 626 g/mol. The predicted octanol–water partition coefficient (Wildman–Crippen LogP) is 1.51. The number of carbonyl (C=O) groups is 4. The summed E-state index contributed by atoms with van der Waals surface area (Å²) in [7, 11) is -9.85. The van der Waals surface area contributed by atoms with Crippen LogP contribution >= 0.6 is 0 Å². The zero-order valence-electron chi connectivity index (χ0n) is 22.5. The first kappa shape index (κ1) is 37.9. The van der Waals surface area contributed by atoms with Crippen molar-refractivity contribution < 1.29 is 64.1 Å². The molecule has 0 unspecified atom stereocenters. The van der Waals surface area contributed by atoms with Crippen LogP contribution in [0.25, 0.3) is 0 Å². The Bertz CT molecular complexity index is 1360. The average Bonchev–Trinajstić information content (AvgIpc) is 2.88. The maximum absolute atomic E-state index is 11.6. The standard InChI is InChI=1S/2C12H14O7S.Mg/c2*1-3-18-11(13)8-5-6-9(12(14)19-4-2)10(7-8)20(15,16)17;/h2*5-7H,3-4H2,1-2H3,(H,15,16,17);/q;;+2/p-2. The SMILES string of the molecule is CCOC(=O)c1ccc(C(=O)OCC)c(S(=O)(=O)[O-])c1.CCOC(=O)c1ccc(C(=O)OCC)c(S(=O)(=O)[O-])c1.[Mg+2]. The van der Waals surface area contributed by atoms with Gasteiger partial charge in [-0.1, -0.05) is 0 Å². The fourth-order valence-electron chi connectivity index (χ4n) is 2.90. The van der Waals surface area contributed by atoms with Crippen molar-refractivity contribution in [3.8, 4) is 0 Å². The maximum Gasteiger partial charge on any atom is 2.00 e. The smallest absolute Gasteiger partial charge is 0.744 e. The summed E-state index contributed by atoms with van der Waals surface area (Å²) < 4.78 is 85.8. The molecule has 2 rings (SSSR count). The predicted molar refractivity (Wildman–Crippen MR) is 138 cm³/mol. The molecule has 14 nitrogen and oxygen atoms in total. The Kier molecular flexibility index (Phi) is 15.7. The van der Waals surface area contributed by atoms with E-state index in [2.05, 4.69) is 9.47 Å². The molecule has 0 bridgehead atoms. The van der Waals surface area contributed by atoms with Crippen LogP contribution in [0.3, 0.4) is 0 Å². The molecule has 0 aromatic heterocycles. The van der Waals surface area contributed by atoms with Crippen LogP contribution in [0.5, 0.6) is 0 Å². The minimum absolute atomic E-state index is 0. The van der Waals surface area contributed by atoms with Gasteiger partial charge < -0.3 is 28.1 Å². The Hall–Kier alpha value is -3.09. The third-order valence-corrected chi connectivity index (χ3v) is 6.27. The van der Waals surface area contributed by atoms with Crippen molar-refractivity contribution in [3.05, 3.63) is 58.7 Å². The third kappa shape index (κ3) is 11.4. The molecule has 41 heavy (non-hydrogen) atoms. The van der Waals surface area contributed by atoms with E-state index in [1.807, 2.05) is 0 Å². The van der Waals surface area contributed by atoms with Crippen molar-refractivity contribution in [1.82, 2.24) is 0 Å². The zero-order chi connectivity index (χ0) is 30.7. The second-order valence-corrected chi connectivity index (χ2v) is 9.91. The fourth-order valence-corrected chi connectivity index (χ4v) is 4.28. The summed E-state index contributed by atoms with van der Waals surface area (Å²) in [5, 5.41) is 0. The summed E-state index contributed by atoms with van der Waals surface area (Å²) in [5.41, 5.74) is -1.08. The molecule has 0 saturated carbocycles. The fraction of sp³-hybridized carbons (Fsp3) is 0.333. The van der Waals surface area contributed by atoms with Gasteiger partial charge in [0.15, 0.2) is 0 Å². The molecule has 2 aromatic carbocycles. The van der Waals surface area contributed by atoms with E-state index in [1.54, 1.807) is 13.8 Å². The van der Waals surface area contributed by atoms with Gasteiger partial charge >= 0.3 is 46.9 Å². The number of hydrogen-bond donors (Lipinski definition) is 0. The van der Waals surface area contributed by atoms with Gasteiger partial charge in [-0.25, -0.2) is 36.0 Å². The van der Waals surface area contributed by atoms with E-state index in [-0.39, 0.29) is 60.6 Å². The van der Waals surface area contributed by atoms with Crippen molar-refractivity contribution in [2.75, 3.05) is 26.4 Å². The Balaban J connectivity index is 0.000000762. The van der Waals surface area contributed by atoms with Gasteiger partial charge in [0.2, 0.25) is 0 Å². The molecule has 0 radical (unpaired) electrons. The summed E-state index contributed by atoms with van der Waals surface area (Å²) in [6, 6.07) is 6.11. The second kappa shape index (κ2) is 17.0. The summed E-state index contributed by atoms with van der Waals surface area (Å²) in [6.07, 6.45) is 0. The number of esters is 4. The normalized spacial score (nSPS) is 10.7. The van der Waals surface area contributed by atoms with E-state index >= 15 is 0 Å². The number of rotatable bonds is 10. The van der Waals surface area contributed by atoms with Crippen molar-refractivity contribution in [3.63, 3.8) is 0 Å². The van der Waals surface area contributed by atoms with Gasteiger partial charge in [0.1, 0.15) is 20.2 Å². The quantitative estimate of drug-likeness (QED) is 0.158. The topological polar surface area (TPSA) is 220 Å². The van der Waals surface area contributed by atoms with E-state index in [1.165, 1.54) is 26.0 Å². The molecule has 17 heteroatoms. The minimum atomic E-state index is -4.93. The minimum Gasteiger partial charge on any atom is -0.744 e. The van der Waals surface area contributed by atoms with Crippen LogP contribution in [-0.2, 0) is 39.2 Å². The van der Waals surface area contributed by atoms with Crippen molar-refractivity contribution >= 4 is 67.2 Å². The van der Waals surface area contributed by atoms with Crippen LogP contribution in [0.4, 0.5) is 0 Å². The molecule has 0 heterocycles. The van der Waals surface area contributed by atoms with Gasteiger partial charge in [0, 0.05) is 0 Å². The Labute approximate surface area is 253 Å². The van der Waals surface area contributed by atoms with Gasteiger partial charge in [-0.2, -0.15) is 0 Å². The summed E-state index contributed by atoms with van der Waals surface area (Å²) in [4.78, 5) is 44.5. The van der Waals surface area contributed by atoms with Gasteiger partial charge in [0.25, 0.3) is 0 Å². The first-order valence-electron chi connectivity index (χ1n) is 11.5. The number of ether oxygens (including phenoxy) is 4. The second-order valence-electron chi connectivity index (χ2n) is 7.21. The largest absolute Gasteiger partial charge is 2.00 e. The van der Waals surface area contributed by atoms with Crippen LogP contribution < -0.4 is 0 Å². The Morgan fingerprint density at radius 2 is 0.829 bits per heavy atom. The first-order chi connectivity index (χ1) is 18.6. The van der Waals surface area contributed by atoms with Crippen molar-refractivity contribution in [1.29, 1.82) is 0 Å². The molecule has 0 amide bonds. The molecule has 0 atom stereocenters. The van der Waals surface area contributed by atoms with E-state index in [9.17, 15) is 45.1 Å². The van der Waals surface area contributed by atoms with Crippen LogP contribution in [0.2, 0.25) is 0 Å². The maximum atomic E-state index is 11.6. The number of carbonyl (C=O) groups excluding carboxylic acids is 4. The zero-order valence-corrected chi connectivity index (χ0v) is 25.6. The van der Waals surface area contributed by atoms with Crippen LogP contribution in [0.15, 0.2) is 46.2 Å². The third-order valence-electron chi connectivity index (χ3n) is 4.51. The summed E-state index contributed by atoms with van der Waals surface area (Å²) in [6.45, 7) is 6.47. The van der Waals surface area contributed by atoms with Crippen LogP contribution in [0, 0.1) is 0 Å². The van der Waals surface area contributed by atoms with E-state index in [4.69, 9.17) is 9.47 Å².